The van der Waals surface area contributed by atoms with E-state index in [1.165, 1.54) is 16.8 Å². The van der Waals surface area contributed by atoms with E-state index in [1.807, 2.05) is 29.2 Å². The SMILES string of the molecule is Cc1cccc(N2CCN(C(=O)NCc3ccc(Cl)cc3)CC2)c1C. The normalized spacial score (nSPS) is 14.5. The van der Waals surface area contributed by atoms with Gasteiger partial charge in [-0.25, -0.2) is 4.79 Å². The average Bonchev–Trinajstić information content (AvgIpc) is 2.63. The first kappa shape index (κ1) is 17.6. The molecule has 25 heavy (non-hydrogen) atoms. The van der Waals surface area contributed by atoms with Crippen LogP contribution in [0.25, 0.3) is 0 Å². The number of benzene rings is 2. The van der Waals surface area contributed by atoms with Crippen LogP contribution in [0, 0.1) is 13.8 Å². The molecule has 1 N–H and O–H groups in total. The van der Waals surface area contributed by atoms with Crippen molar-refractivity contribution < 1.29 is 4.79 Å². The number of halogens is 1. The van der Waals surface area contributed by atoms with E-state index in [2.05, 4.69) is 42.3 Å². The number of urea groups is 1. The molecule has 1 saturated heterocycles. The fourth-order valence-corrected chi connectivity index (χ4v) is 3.25. The topological polar surface area (TPSA) is 35.6 Å². The monoisotopic (exact) mass is 357 g/mol. The summed E-state index contributed by atoms with van der Waals surface area (Å²) in [7, 11) is 0. The molecular formula is C20H24ClN3O. The molecule has 0 atom stereocenters. The van der Waals surface area contributed by atoms with Gasteiger partial charge in [0.1, 0.15) is 0 Å². The first-order valence-electron chi connectivity index (χ1n) is 8.63. The maximum Gasteiger partial charge on any atom is 0.317 e. The van der Waals surface area contributed by atoms with Crippen LogP contribution in [0.1, 0.15) is 16.7 Å². The van der Waals surface area contributed by atoms with E-state index in [0.29, 0.717) is 11.6 Å². The van der Waals surface area contributed by atoms with Gasteiger partial charge >= 0.3 is 6.03 Å². The summed E-state index contributed by atoms with van der Waals surface area (Å²) in [4.78, 5) is 16.6. The third kappa shape index (κ3) is 4.26. The van der Waals surface area contributed by atoms with Crippen LogP contribution in [0.15, 0.2) is 42.5 Å². The molecule has 0 radical (unpaired) electrons. The minimum absolute atomic E-state index is 0.00411. The van der Waals surface area contributed by atoms with E-state index < -0.39 is 0 Å². The van der Waals surface area contributed by atoms with Crippen molar-refractivity contribution in [1.82, 2.24) is 10.2 Å². The highest BCUT2D eigenvalue weighted by molar-refractivity contribution is 6.30. The fourth-order valence-electron chi connectivity index (χ4n) is 3.12. The van der Waals surface area contributed by atoms with Crippen molar-refractivity contribution in [3.05, 3.63) is 64.2 Å². The molecule has 2 aromatic carbocycles. The highest BCUT2D eigenvalue weighted by atomic mass is 35.5. The van der Waals surface area contributed by atoms with Gasteiger partial charge in [0.15, 0.2) is 0 Å². The third-order valence-corrected chi connectivity index (χ3v) is 5.09. The summed E-state index contributed by atoms with van der Waals surface area (Å²) in [5.74, 6) is 0. The Bertz CT molecular complexity index is 737. The summed E-state index contributed by atoms with van der Waals surface area (Å²) >= 11 is 5.88. The number of hydrogen-bond acceptors (Lipinski definition) is 2. The van der Waals surface area contributed by atoms with Gasteiger partial charge in [-0.2, -0.15) is 0 Å². The van der Waals surface area contributed by atoms with Crippen molar-refractivity contribution in [2.45, 2.75) is 20.4 Å². The number of carbonyl (C=O) groups is 1. The number of nitrogens with one attached hydrogen (secondary N) is 1. The van der Waals surface area contributed by atoms with Gasteiger partial charge in [-0.3, -0.25) is 0 Å². The maximum absolute atomic E-state index is 12.4. The first-order chi connectivity index (χ1) is 12.0. The maximum atomic E-state index is 12.4. The van der Waals surface area contributed by atoms with E-state index in [-0.39, 0.29) is 6.03 Å². The molecule has 3 rings (SSSR count). The zero-order valence-corrected chi connectivity index (χ0v) is 15.5. The second-order valence-electron chi connectivity index (χ2n) is 6.48. The Morgan fingerprint density at radius 1 is 1.04 bits per heavy atom. The standard InChI is InChI=1S/C20H24ClN3O/c1-15-4-3-5-19(16(15)2)23-10-12-24(13-11-23)20(25)22-14-17-6-8-18(21)9-7-17/h3-9H,10-14H2,1-2H3,(H,22,25). The molecule has 1 aliphatic rings. The molecule has 4 nitrogen and oxygen atoms in total. The van der Waals surface area contributed by atoms with Crippen LogP contribution in [0.4, 0.5) is 10.5 Å². The molecule has 0 unspecified atom stereocenters. The van der Waals surface area contributed by atoms with E-state index in [1.54, 1.807) is 0 Å². The van der Waals surface area contributed by atoms with Crippen molar-refractivity contribution in [3.63, 3.8) is 0 Å². The van der Waals surface area contributed by atoms with Crippen LogP contribution in [-0.2, 0) is 6.54 Å². The molecule has 5 heteroatoms. The molecule has 1 fully saturated rings. The second-order valence-corrected chi connectivity index (χ2v) is 6.91. The Balaban J connectivity index is 1.52. The van der Waals surface area contributed by atoms with E-state index >= 15 is 0 Å². The first-order valence-corrected chi connectivity index (χ1v) is 9.01. The molecule has 0 aromatic heterocycles. The smallest absolute Gasteiger partial charge is 0.317 e. The lowest BCUT2D eigenvalue weighted by molar-refractivity contribution is 0.194. The highest BCUT2D eigenvalue weighted by Crippen LogP contribution is 2.23. The summed E-state index contributed by atoms with van der Waals surface area (Å²) in [5.41, 5.74) is 4.96. The van der Waals surface area contributed by atoms with Crippen molar-refractivity contribution in [1.29, 1.82) is 0 Å². The third-order valence-electron chi connectivity index (χ3n) is 4.84. The predicted octanol–water partition coefficient (Wildman–Crippen LogP) is 3.99. The van der Waals surface area contributed by atoms with Crippen LogP contribution >= 0.6 is 11.6 Å². The summed E-state index contributed by atoms with van der Waals surface area (Å²) < 4.78 is 0. The number of piperazine rings is 1. The summed E-state index contributed by atoms with van der Waals surface area (Å²) in [6, 6.07) is 13.9. The lowest BCUT2D eigenvalue weighted by Gasteiger charge is -2.37. The number of rotatable bonds is 3. The summed E-state index contributed by atoms with van der Waals surface area (Å²) in [6.07, 6.45) is 0. The molecule has 0 bridgehead atoms. The molecule has 2 aromatic rings. The molecule has 0 saturated carbocycles. The Kier molecular flexibility index (Phi) is 5.49. The number of hydrogen-bond donors (Lipinski definition) is 1. The van der Waals surface area contributed by atoms with Crippen LogP contribution in [0.3, 0.4) is 0 Å². The lowest BCUT2D eigenvalue weighted by atomic mass is 10.1. The van der Waals surface area contributed by atoms with Crippen molar-refractivity contribution >= 4 is 23.3 Å². The second kappa shape index (κ2) is 7.79. The Morgan fingerprint density at radius 3 is 2.40 bits per heavy atom. The van der Waals surface area contributed by atoms with Crippen LogP contribution in [0.5, 0.6) is 0 Å². The van der Waals surface area contributed by atoms with Gasteiger partial charge in [0.2, 0.25) is 0 Å². The largest absolute Gasteiger partial charge is 0.368 e. The van der Waals surface area contributed by atoms with E-state index in [0.717, 1.165) is 31.7 Å². The fraction of sp³-hybridized carbons (Fsp3) is 0.350. The van der Waals surface area contributed by atoms with Gasteiger partial charge in [-0.15, -0.1) is 0 Å². The summed E-state index contributed by atoms with van der Waals surface area (Å²) in [6.45, 7) is 8.01. The summed E-state index contributed by atoms with van der Waals surface area (Å²) in [5, 5.41) is 3.69. The quantitative estimate of drug-likeness (QED) is 0.901. The number of amides is 2. The van der Waals surface area contributed by atoms with Gasteiger partial charge < -0.3 is 15.1 Å². The Labute approximate surface area is 154 Å². The Hall–Kier alpha value is -2.20. The van der Waals surface area contributed by atoms with Gasteiger partial charge in [0.25, 0.3) is 0 Å². The number of aryl methyl sites for hydroxylation is 1. The zero-order valence-electron chi connectivity index (χ0n) is 14.8. The molecular weight excluding hydrogens is 334 g/mol. The highest BCUT2D eigenvalue weighted by Gasteiger charge is 2.22. The molecule has 1 heterocycles. The van der Waals surface area contributed by atoms with Crippen molar-refractivity contribution in [2.75, 3.05) is 31.1 Å². The van der Waals surface area contributed by atoms with Crippen LogP contribution in [-0.4, -0.2) is 37.1 Å². The van der Waals surface area contributed by atoms with Crippen LogP contribution in [0.2, 0.25) is 5.02 Å². The van der Waals surface area contributed by atoms with Gasteiger partial charge in [-0.1, -0.05) is 35.9 Å². The van der Waals surface area contributed by atoms with E-state index in [4.69, 9.17) is 11.6 Å². The van der Waals surface area contributed by atoms with Gasteiger partial charge in [-0.05, 0) is 48.7 Å². The van der Waals surface area contributed by atoms with Crippen molar-refractivity contribution in [3.8, 4) is 0 Å². The van der Waals surface area contributed by atoms with Gasteiger partial charge in [0, 0.05) is 43.4 Å². The molecule has 0 aliphatic carbocycles. The molecule has 0 spiro atoms. The molecule has 132 valence electrons. The minimum Gasteiger partial charge on any atom is -0.368 e. The minimum atomic E-state index is -0.00411. The number of carbonyl (C=O) groups excluding carboxylic acids is 1. The number of nitrogens with zero attached hydrogens (tertiary/aromatic N) is 2. The molecule has 1 aliphatic heterocycles. The lowest BCUT2D eigenvalue weighted by Crippen LogP contribution is -2.51. The molecule has 2 amide bonds. The van der Waals surface area contributed by atoms with Crippen molar-refractivity contribution in [2.24, 2.45) is 0 Å². The zero-order chi connectivity index (χ0) is 17.8. The van der Waals surface area contributed by atoms with Gasteiger partial charge in [0.05, 0.1) is 0 Å². The predicted molar refractivity (Wildman–Crippen MR) is 103 cm³/mol. The average molecular weight is 358 g/mol. The van der Waals surface area contributed by atoms with Crippen LogP contribution < -0.4 is 10.2 Å². The Morgan fingerprint density at radius 2 is 1.72 bits per heavy atom. The number of anilines is 1. The van der Waals surface area contributed by atoms with E-state index in [9.17, 15) is 4.79 Å².